The van der Waals surface area contributed by atoms with Gasteiger partial charge in [-0.15, -0.1) is 0 Å². The number of imide groups is 1. The SMILES string of the molecule is Cc1nc2cccc(NCCCCCNC3[C@H]4C[C@@H]5C[C@@H](C[C@H]3C5)C4)c2c(=O)n1C1CCC(=O)NC1=O. The van der Waals surface area contributed by atoms with E-state index in [1.807, 2.05) is 18.2 Å². The molecule has 2 heterocycles. The number of anilines is 1. The lowest BCUT2D eigenvalue weighted by atomic mass is 9.54. The molecule has 5 aliphatic rings. The molecular weight excluding hydrogens is 466 g/mol. The minimum Gasteiger partial charge on any atom is -0.384 e. The molecule has 2 aromatic rings. The summed E-state index contributed by atoms with van der Waals surface area (Å²) in [5.41, 5.74) is 1.14. The second-order valence-electron chi connectivity index (χ2n) is 11.9. The summed E-state index contributed by atoms with van der Waals surface area (Å²) in [5, 5.41) is 10.2. The Kier molecular flexibility index (Phi) is 6.78. The van der Waals surface area contributed by atoms with Gasteiger partial charge in [-0.1, -0.05) is 12.5 Å². The maximum absolute atomic E-state index is 13.5. The molecule has 37 heavy (non-hydrogen) atoms. The summed E-state index contributed by atoms with van der Waals surface area (Å²) in [6, 6.07) is 5.69. The van der Waals surface area contributed by atoms with Crippen LogP contribution < -0.4 is 21.5 Å². The van der Waals surface area contributed by atoms with Crippen molar-refractivity contribution in [1.29, 1.82) is 0 Å². The summed E-state index contributed by atoms with van der Waals surface area (Å²) in [5.74, 6) is 3.64. The molecule has 2 amide bonds. The van der Waals surface area contributed by atoms with E-state index in [-0.39, 0.29) is 17.9 Å². The molecule has 1 aromatic heterocycles. The van der Waals surface area contributed by atoms with Crippen molar-refractivity contribution in [2.24, 2.45) is 23.7 Å². The monoisotopic (exact) mass is 505 g/mol. The van der Waals surface area contributed by atoms with Gasteiger partial charge in [-0.25, -0.2) is 4.98 Å². The van der Waals surface area contributed by atoms with Crippen LogP contribution >= 0.6 is 0 Å². The van der Waals surface area contributed by atoms with E-state index in [1.54, 1.807) is 6.92 Å². The van der Waals surface area contributed by atoms with Crippen LogP contribution in [0.3, 0.4) is 0 Å². The van der Waals surface area contributed by atoms with Crippen LogP contribution in [0.2, 0.25) is 0 Å². The van der Waals surface area contributed by atoms with Crippen molar-refractivity contribution >= 4 is 28.4 Å². The molecule has 8 nitrogen and oxygen atoms in total. The first-order valence-corrected chi connectivity index (χ1v) is 14.3. The van der Waals surface area contributed by atoms with Crippen LogP contribution in [-0.4, -0.2) is 40.5 Å². The Labute approximate surface area is 218 Å². The third-order valence-electron chi connectivity index (χ3n) is 9.40. The number of unbranched alkanes of at least 4 members (excludes halogenated alkanes) is 2. The lowest BCUT2D eigenvalue weighted by molar-refractivity contribution is -0.135. The van der Waals surface area contributed by atoms with E-state index in [0.717, 1.165) is 61.3 Å². The normalized spacial score (nSPS) is 30.6. The number of aryl methyl sites for hydroxylation is 1. The standard InChI is InChI=1S/C29H39N5O3/c1-17-32-23-7-5-6-22(26(23)29(37)34(17)24-8-9-25(35)33-28(24)36)30-10-3-2-4-11-31-27-20-13-18-12-19(15-20)16-21(27)14-18/h5-7,18-21,24,27,30-31H,2-4,8-16H2,1H3,(H,33,35,36)/t18-,19+,20-,21+,24?,27?. The third kappa shape index (κ3) is 4.80. The second-order valence-corrected chi connectivity index (χ2v) is 11.9. The van der Waals surface area contributed by atoms with Crippen LogP contribution in [0.5, 0.6) is 0 Å². The molecule has 7 rings (SSSR count). The first kappa shape index (κ1) is 24.6. The van der Waals surface area contributed by atoms with E-state index in [0.29, 0.717) is 23.1 Å². The molecular formula is C29H39N5O3. The van der Waals surface area contributed by atoms with E-state index in [1.165, 1.54) is 43.1 Å². The van der Waals surface area contributed by atoms with Gasteiger partial charge in [0.05, 0.1) is 10.9 Å². The van der Waals surface area contributed by atoms with Gasteiger partial charge in [-0.3, -0.25) is 24.3 Å². The third-order valence-corrected chi connectivity index (χ3v) is 9.40. The topological polar surface area (TPSA) is 105 Å². The number of carbonyl (C=O) groups excluding carboxylic acids is 2. The fourth-order valence-electron chi connectivity index (χ4n) is 7.97. The van der Waals surface area contributed by atoms with Crippen LogP contribution in [0.15, 0.2) is 23.0 Å². The number of piperidine rings is 1. The summed E-state index contributed by atoms with van der Waals surface area (Å²) >= 11 is 0. The lowest BCUT2D eigenvalue weighted by Crippen LogP contribution is -2.54. The Morgan fingerprint density at radius 3 is 2.43 bits per heavy atom. The molecule has 1 saturated heterocycles. The van der Waals surface area contributed by atoms with Crippen LogP contribution in [0.25, 0.3) is 10.9 Å². The Hall–Kier alpha value is -2.74. The van der Waals surface area contributed by atoms with Crippen LogP contribution in [0.4, 0.5) is 5.69 Å². The molecule has 1 aromatic carbocycles. The van der Waals surface area contributed by atoms with Gasteiger partial charge in [0.15, 0.2) is 0 Å². The first-order chi connectivity index (χ1) is 18.0. The summed E-state index contributed by atoms with van der Waals surface area (Å²) in [4.78, 5) is 42.2. The minimum absolute atomic E-state index is 0.220. The van der Waals surface area contributed by atoms with Crippen LogP contribution in [-0.2, 0) is 9.59 Å². The fraction of sp³-hybridized carbons (Fsp3) is 0.655. The number of amides is 2. The highest BCUT2D eigenvalue weighted by molar-refractivity contribution is 5.99. The summed E-state index contributed by atoms with van der Waals surface area (Å²) < 4.78 is 1.45. The molecule has 8 heteroatoms. The van der Waals surface area contributed by atoms with Gasteiger partial charge in [0.1, 0.15) is 11.9 Å². The van der Waals surface area contributed by atoms with Crippen molar-refractivity contribution in [3.8, 4) is 0 Å². The van der Waals surface area contributed by atoms with E-state index in [2.05, 4.69) is 20.9 Å². The van der Waals surface area contributed by atoms with E-state index in [4.69, 9.17) is 0 Å². The Morgan fingerprint density at radius 1 is 0.973 bits per heavy atom. The molecule has 1 atom stereocenters. The predicted octanol–water partition coefficient (Wildman–Crippen LogP) is 3.68. The molecule has 5 fully saturated rings. The number of rotatable bonds is 9. The van der Waals surface area contributed by atoms with Crippen molar-refractivity contribution in [3.63, 3.8) is 0 Å². The average molecular weight is 506 g/mol. The highest BCUT2D eigenvalue weighted by Crippen LogP contribution is 2.53. The van der Waals surface area contributed by atoms with Gasteiger partial charge < -0.3 is 10.6 Å². The van der Waals surface area contributed by atoms with Crippen LogP contribution in [0.1, 0.15) is 76.1 Å². The first-order valence-electron chi connectivity index (χ1n) is 14.3. The average Bonchev–Trinajstić information content (AvgIpc) is 2.85. The second kappa shape index (κ2) is 10.2. The summed E-state index contributed by atoms with van der Waals surface area (Å²) in [6.45, 7) is 3.62. The van der Waals surface area contributed by atoms with E-state index < -0.39 is 11.9 Å². The Balaban J connectivity index is 1.04. The molecule has 198 valence electrons. The fourth-order valence-corrected chi connectivity index (χ4v) is 7.97. The molecule has 0 spiro atoms. The maximum Gasteiger partial charge on any atom is 0.264 e. The zero-order valence-corrected chi connectivity index (χ0v) is 21.8. The van der Waals surface area contributed by atoms with Gasteiger partial charge in [-0.05, 0) is 101 Å². The summed E-state index contributed by atoms with van der Waals surface area (Å²) in [7, 11) is 0. The summed E-state index contributed by atoms with van der Waals surface area (Å²) in [6.07, 6.45) is 11.2. The van der Waals surface area contributed by atoms with Gasteiger partial charge in [0.25, 0.3) is 5.56 Å². The quantitative estimate of drug-likeness (QED) is 0.355. The van der Waals surface area contributed by atoms with Crippen molar-refractivity contribution in [1.82, 2.24) is 20.2 Å². The maximum atomic E-state index is 13.5. The highest BCUT2D eigenvalue weighted by Gasteiger charge is 2.47. The van der Waals surface area contributed by atoms with E-state index >= 15 is 0 Å². The lowest BCUT2D eigenvalue weighted by Gasteiger charge is -2.54. The van der Waals surface area contributed by atoms with Crippen LogP contribution in [0, 0.1) is 30.6 Å². The van der Waals surface area contributed by atoms with Gasteiger partial charge in [0, 0.05) is 24.7 Å². The number of nitrogens with one attached hydrogen (secondary N) is 3. The number of fused-ring (bicyclic) bond motifs is 1. The number of hydrogen-bond acceptors (Lipinski definition) is 6. The molecule has 0 radical (unpaired) electrons. The van der Waals surface area contributed by atoms with Gasteiger partial charge in [-0.2, -0.15) is 0 Å². The smallest absolute Gasteiger partial charge is 0.264 e. The predicted molar refractivity (Wildman–Crippen MR) is 143 cm³/mol. The van der Waals surface area contributed by atoms with Crippen molar-refractivity contribution in [2.45, 2.75) is 83.2 Å². The Bertz CT molecular complexity index is 1230. The van der Waals surface area contributed by atoms with Gasteiger partial charge >= 0.3 is 0 Å². The zero-order valence-electron chi connectivity index (χ0n) is 21.8. The Morgan fingerprint density at radius 2 is 1.70 bits per heavy atom. The number of aromatic nitrogens is 2. The van der Waals surface area contributed by atoms with E-state index in [9.17, 15) is 14.4 Å². The van der Waals surface area contributed by atoms with Crippen molar-refractivity contribution < 1.29 is 9.59 Å². The number of carbonyl (C=O) groups is 2. The molecule has 4 bridgehead atoms. The number of hydrogen-bond donors (Lipinski definition) is 3. The molecule has 4 saturated carbocycles. The highest BCUT2D eigenvalue weighted by atomic mass is 16.2. The number of nitrogens with zero attached hydrogens (tertiary/aromatic N) is 2. The minimum atomic E-state index is -0.711. The van der Waals surface area contributed by atoms with Crippen molar-refractivity contribution in [3.05, 3.63) is 34.4 Å². The van der Waals surface area contributed by atoms with Crippen molar-refractivity contribution in [2.75, 3.05) is 18.4 Å². The molecule has 3 N–H and O–H groups in total. The number of benzene rings is 1. The zero-order chi connectivity index (χ0) is 25.5. The molecule has 1 aliphatic heterocycles. The molecule has 4 aliphatic carbocycles. The van der Waals surface area contributed by atoms with Gasteiger partial charge in [0.2, 0.25) is 11.8 Å². The largest absolute Gasteiger partial charge is 0.384 e. The molecule has 1 unspecified atom stereocenters.